The molecule has 1 atom stereocenters. The topological polar surface area (TPSA) is 107 Å². The minimum Gasteiger partial charge on any atom is -0.459 e. The van der Waals surface area contributed by atoms with Gasteiger partial charge in [-0.15, -0.1) is 0 Å². The monoisotopic (exact) mass is 422 g/mol. The van der Waals surface area contributed by atoms with E-state index in [4.69, 9.17) is 4.42 Å². The predicted octanol–water partition coefficient (Wildman–Crippen LogP) is 2.23. The largest absolute Gasteiger partial charge is 0.459 e. The maximum Gasteiger partial charge on any atom is 0.289 e. The van der Waals surface area contributed by atoms with Gasteiger partial charge in [-0.1, -0.05) is 18.2 Å². The van der Waals surface area contributed by atoms with Gasteiger partial charge in [0, 0.05) is 49.6 Å². The number of nitrogens with one attached hydrogen (secondary N) is 3. The lowest BCUT2D eigenvalue weighted by Gasteiger charge is -2.32. The first-order chi connectivity index (χ1) is 15.0. The molecule has 31 heavy (non-hydrogen) atoms. The van der Waals surface area contributed by atoms with Crippen LogP contribution in [0.25, 0.3) is 10.9 Å². The second-order valence-corrected chi connectivity index (χ2v) is 7.87. The lowest BCUT2D eigenvalue weighted by atomic mass is 10.0. The van der Waals surface area contributed by atoms with Crippen LogP contribution >= 0.6 is 0 Å². The van der Waals surface area contributed by atoms with Crippen LogP contribution in [-0.2, 0) is 16.0 Å². The summed E-state index contributed by atoms with van der Waals surface area (Å²) in [5.74, 6) is -0.271. The smallest absolute Gasteiger partial charge is 0.289 e. The summed E-state index contributed by atoms with van der Waals surface area (Å²) in [4.78, 5) is 42.0. The first kappa shape index (κ1) is 20.7. The van der Waals surface area contributed by atoms with Crippen molar-refractivity contribution in [1.29, 1.82) is 0 Å². The molecule has 0 saturated carbocycles. The number of hydrogen-bond acceptors (Lipinski definition) is 4. The molecule has 162 valence electrons. The van der Waals surface area contributed by atoms with Gasteiger partial charge in [0.15, 0.2) is 5.76 Å². The van der Waals surface area contributed by atoms with Crippen LogP contribution in [0.4, 0.5) is 0 Å². The normalized spacial score (nSPS) is 15.6. The van der Waals surface area contributed by atoms with Crippen LogP contribution in [0.15, 0.2) is 53.3 Å². The van der Waals surface area contributed by atoms with E-state index in [1.54, 1.807) is 17.0 Å². The van der Waals surface area contributed by atoms with Gasteiger partial charge in [-0.3, -0.25) is 14.4 Å². The molecule has 1 aromatic carbocycles. The third-order valence-corrected chi connectivity index (χ3v) is 5.65. The molecule has 2 aromatic heterocycles. The highest BCUT2D eigenvalue weighted by Crippen LogP contribution is 2.20. The highest BCUT2D eigenvalue weighted by atomic mass is 16.3. The highest BCUT2D eigenvalue weighted by molar-refractivity contribution is 5.91. The molecule has 8 heteroatoms. The standard InChI is InChI=1S/C23H26N4O4/c1-15(28)25-20(13-16-14-24-19-6-3-2-5-18(16)19)22(29)26-17-8-10-27(11-9-17)23(30)21-7-4-12-31-21/h2-7,12,14,17,20,24H,8-11,13H2,1H3,(H,25,28)(H,26,29). The third kappa shape index (κ3) is 4.79. The molecule has 3 N–H and O–H groups in total. The second kappa shape index (κ2) is 9.07. The number of aromatic amines is 1. The Morgan fingerprint density at radius 1 is 1.16 bits per heavy atom. The van der Waals surface area contributed by atoms with E-state index < -0.39 is 6.04 Å². The van der Waals surface area contributed by atoms with E-state index in [1.807, 2.05) is 30.5 Å². The zero-order valence-corrected chi connectivity index (χ0v) is 17.4. The average molecular weight is 422 g/mol. The quantitative estimate of drug-likeness (QED) is 0.566. The minimum absolute atomic E-state index is 0.0487. The third-order valence-electron chi connectivity index (χ3n) is 5.65. The van der Waals surface area contributed by atoms with Crippen molar-refractivity contribution in [1.82, 2.24) is 20.5 Å². The van der Waals surface area contributed by atoms with E-state index in [0.717, 1.165) is 16.5 Å². The number of furan rings is 1. The summed E-state index contributed by atoms with van der Waals surface area (Å²) >= 11 is 0. The van der Waals surface area contributed by atoms with Crippen molar-refractivity contribution in [2.75, 3.05) is 13.1 Å². The fourth-order valence-corrected chi connectivity index (χ4v) is 4.06. The molecule has 1 aliphatic heterocycles. The van der Waals surface area contributed by atoms with Gasteiger partial charge in [0.05, 0.1) is 6.26 Å². The Morgan fingerprint density at radius 2 is 1.94 bits per heavy atom. The summed E-state index contributed by atoms with van der Waals surface area (Å²) in [6, 6.07) is 10.5. The number of aromatic nitrogens is 1. The number of carbonyl (C=O) groups is 3. The molecule has 8 nitrogen and oxygen atoms in total. The number of carbonyl (C=O) groups excluding carboxylic acids is 3. The Labute approximate surface area is 180 Å². The lowest BCUT2D eigenvalue weighted by Crippen LogP contribution is -2.53. The molecule has 0 spiro atoms. The maximum absolute atomic E-state index is 13.0. The van der Waals surface area contributed by atoms with Crippen LogP contribution in [0.5, 0.6) is 0 Å². The number of piperidine rings is 1. The zero-order chi connectivity index (χ0) is 21.8. The Bertz CT molecular complexity index is 1060. The summed E-state index contributed by atoms with van der Waals surface area (Å²) in [5.41, 5.74) is 1.97. The Morgan fingerprint density at radius 3 is 2.65 bits per heavy atom. The van der Waals surface area contributed by atoms with Gasteiger partial charge in [0.25, 0.3) is 5.91 Å². The van der Waals surface area contributed by atoms with Crippen molar-refractivity contribution in [2.45, 2.75) is 38.3 Å². The summed E-state index contributed by atoms with van der Waals surface area (Å²) in [5, 5.41) is 6.87. The van der Waals surface area contributed by atoms with Gasteiger partial charge >= 0.3 is 0 Å². The first-order valence-electron chi connectivity index (χ1n) is 10.5. The number of H-pyrrole nitrogens is 1. The predicted molar refractivity (Wildman–Crippen MR) is 115 cm³/mol. The summed E-state index contributed by atoms with van der Waals surface area (Å²) in [6.45, 7) is 2.49. The van der Waals surface area contributed by atoms with Crippen molar-refractivity contribution >= 4 is 28.6 Å². The molecular formula is C23H26N4O4. The minimum atomic E-state index is -0.667. The van der Waals surface area contributed by atoms with Crippen molar-refractivity contribution < 1.29 is 18.8 Å². The van der Waals surface area contributed by atoms with E-state index in [2.05, 4.69) is 15.6 Å². The van der Waals surface area contributed by atoms with Crippen LogP contribution in [0.1, 0.15) is 35.9 Å². The van der Waals surface area contributed by atoms with Crippen LogP contribution in [-0.4, -0.2) is 52.8 Å². The van der Waals surface area contributed by atoms with Crippen molar-refractivity contribution in [3.05, 3.63) is 60.2 Å². The molecule has 1 saturated heterocycles. The number of likely N-dealkylation sites (tertiary alicyclic amines) is 1. The number of benzene rings is 1. The number of rotatable bonds is 6. The fourth-order valence-electron chi connectivity index (χ4n) is 4.06. The average Bonchev–Trinajstić information content (AvgIpc) is 3.44. The maximum atomic E-state index is 13.0. The van der Waals surface area contributed by atoms with Crippen molar-refractivity contribution in [2.24, 2.45) is 0 Å². The number of hydrogen-bond donors (Lipinski definition) is 3. The Hall–Kier alpha value is -3.55. The molecule has 3 aromatic rings. The molecule has 1 aliphatic rings. The van der Waals surface area contributed by atoms with Gasteiger partial charge in [-0.25, -0.2) is 0 Å². The summed E-state index contributed by atoms with van der Waals surface area (Å²) in [7, 11) is 0. The number of amides is 3. The Kier molecular flexibility index (Phi) is 6.06. The summed E-state index contributed by atoms with van der Waals surface area (Å²) < 4.78 is 5.19. The molecule has 1 unspecified atom stereocenters. The lowest BCUT2D eigenvalue weighted by molar-refractivity contribution is -0.128. The van der Waals surface area contributed by atoms with Crippen LogP contribution in [0, 0.1) is 0 Å². The Balaban J connectivity index is 1.37. The fraction of sp³-hybridized carbons (Fsp3) is 0.348. The summed E-state index contributed by atoms with van der Waals surface area (Å²) in [6.07, 6.45) is 5.06. The van der Waals surface area contributed by atoms with E-state index in [0.29, 0.717) is 38.1 Å². The molecule has 0 radical (unpaired) electrons. The molecule has 3 amide bonds. The molecular weight excluding hydrogens is 396 g/mol. The zero-order valence-electron chi connectivity index (χ0n) is 17.4. The number of fused-ring (bicyclic) bond motifs is 1. The van der Waals surface area contributed by atoms with E-state index in [-0.39, 0.29) is 23.8 Å². The van der Waals surface area contributed by atoms with E-state index >= 15 is 0 Å². The molecule has 1 fully saturated rings. The second-order valence-electron chi connectivity index (χ2n) is 7.87. The molecule has 0 bridgehead atoms. The van der Waals surface area contributed by atoms with Gasteiger partial charge in [0.1, 0.15) is 6.04 Å². The van der Waals surface area contributed by atoms with Gasteiger partial charge in [-0.05, 0) is 36.6 Å². The van der Waals surface area contributed by atoms with Crippen LogP contribution in [0.2, 0.25) is 0 Å². The molecule has 3 heterocycles. The van der Waals surface area contributed by atoms with Crippen molar-refractivity contribution in [3.8, 4) is 0 Å². The molecule has 4 rings (SSSR count). The van der Waals surface area contributed by atoms with Crippen LogP contribution in [0.3, 0.4) is 0 Å². The van der Waals surface area contributed by atoms with Gasteiger partial charge < -0.3 is 24.9 Å². The van der Waals surface area contributed by atoms with E-state index in [1.165, 1.54) is 13.2 Å². The highest BCUT2D eigenvalue weighted by Gasteiger charge is 2.28. The number of para-hydroxylation sites is 1. The first-order valence-corrected chi connectivity index (χ1v) is 10.5. The van der Waals surface area contributed by atoms with Gasteiger partial charge in [0.2, 0.25) is 11.8 Å². The van der Waals surface area contributed by atoms with Crippen molar-refractivity contribution in [3.63, 3.8) is 0 Å². The molecule has 0 aliphatic carbocycles. The van der Waals surface area contributed by atoms with E-state index in [9.17, 15) is 14.4 Å². The van der Waals surface area contributed by atoms with Crippen LogP contribution < -0.4 is 10.6 Å². The SMILES string of the molecule is CC(=O)NC(Cc1c[nH]c2ccccc12)C(=O)NC1CCN(C(=O)c2ccco2)CC1. The number of nitrogens with zero attached hydrogens (tertiary/aromatic N) is 1. The van der Waals surface area contributed by atoms with Gasteiger partial charge in [-0.2, -0.15) is 0 Å².